The molecule has 1 aromatic carbocycles. The lowest BCUT2D eigenvalue weighted by atomic mass is 9.77. The molecular formula is C25H32N2O5. The Morgan fingerprint density at radius 3 is 2.78 bits per heavy atom. The van der Waals surface area contributed by atoms with E-state index in [0.29, 0.717) is 42.8 Å². The number of hydrogen-bond acceptors (Lipinski definition) is 5. The predicted molar refractivity (Wildman–Crippen MR) is 121 cm³/mol. The van der Waals surface area contributed by atoms with Crippen LogP contribution >= 0.6 is 0 Å². The molecule has 1 fully saturated rings. The van der Waals surface area contributed by atoms with Crippen LogP contribution in [0, 0.1) is 11.8 Å². The number of benzene rings is 1. The van der Waals surface area contributed by atoms with E-state index in [-0.39, 0.29) is 24.3 Å². The van der Waals surface area contributed by atoms with E-state index >= 15 is 0 Å². The Bertz CT molecular complexity index is 1020. The maximum Gasteiger partial charge on any atom is 0.255 e. The second kappa shape index (κ2) is 9.77. The molecule has 0 spiro atoms. The minimum Gasteiger partial charge on any atom is -0.454 e. The van der Waals surface area contributed by atoms with Crippen LogP contribution in [0.5, 0.6) is 11.5 Å². The SMILES string of the molecule is COCCn1cc(C(=O)N(Cc2ccc3c(c2)OCO3)C2CCCC(C)C2C)ccc1=O. The second-order valence-electron chi connectivity index (χ2n) is 8.90. The van der Waals surface area contributed by atoms with Gasteiger partial charge in [0.05, 0.1) is 12.2 Å². The third kappa shape index (κ3) is 4.67. The first-order valence-corrected chi connectivity index (χ1v) is 11.4. The van der Waals surface area contributed by atoms with E-state index in [0.717, 1.165) is 24.2 Å². The number of pyridine rings is 1. The molecule has 172 valence electrons. The molecule has 32 heavy (non-hydrogen) atoms. The van der Waals surface area contributed by atoms with Gasteiger partial charge < -0.3 is 23.7 Å². The number of hydrogen-bond donors (Lipinski definition) is 0. The topological polar surface area (TPSA) is 70.0 Å². The van der Waals surface area contributed by atoms with Crippen molar-refractivity contribution in [3.63, 3.8) is 0 Å². The lowest BCUT2D eigenvalue weighted by molar-refractivity contribution is 0.0448. The van der Waals surface area contributed by atoms with Crippen molar-refractivity contribution in [2.45, 2.75) is 52.2 Å². The standard InChI is InChI=1S/C25H32N2O5/c1-17-5-4-6-21(18(17)2)27(14-19-7-9-22-23(13-19)32-16-31-22)25(29)20-8-10-24(28)26(15-20)11-12-30-3/h7-10,13,15,17-18,21H,4-6,11-12,14,16H2,1-3H3. The van der Waals surface area contributed by atoms with Crippen LogP contribution in [0.2, 0.25) is 0 Å². The summed E-state index contributed by atoms with van der Waals surface area (Å²) < 4.78 is 17.6. The summed E-state index contributed by atoms with van der Waals surface area (Å²) >= 11 is 0. The lowest BCUT2D eigenvalue weighted by Gasteiger charge is -2.42. The first-order valence-electron chi connectivity index (χ1n) is 11.4. The number of ether oxygens (including phenoxy) is 3. The molecule has 7 nitrogen and oxygen atoms in total. The fourth-order valence-electron chi connectivity index (χ4n) is 4.76. The van der Waals surface area contributed by atoms with Crippen LogP contribution in [0.4, 0.5) is 0 Å². The Balaban J connectivity index is 1.65. The fraction of sp³-hybridized carbons (Fsp3) is 0.520. The molecule has 0 radical (unpaired) electrons. The van der Waals surface area contributed by atoms with Crippen molar-refractivity contribution < 1.29 is 19.0 Å². The largest absolute Gasteiger partial charge is 0.454 e. The fourth-order valence-corrected chi connectivity index (χ4v) is 4.76. The number of nitrogens with zero attached hydrogens (tertiary/aromatic N) is 2. The zero-order valence-corrected chi connectivity index (χ0v) is 19.1. The van der Waals surface area contributed by atoms with Crippen molar-refractivity contribution in [3.05, 3.63) is 58.0 Å². The molecule has 1 aromatic heterocycles. The smallest absolute Gasteiger partial charge is 0.255 e. The highest BCUT2D eigenvalue weighted by Crippen LogP contribution is 2.36. The number of aromatic nitrogens is 1. The summed E-state index contributed by atoms with van der Waals surface area (Å²) in [7, 11) is 1.60. The van der Waals surface area contributed by atoms with Crippen LogP contribution in [0.1, 0.15) is 49.0 Å². The zero-order chi connectivity index (χ0) is 22.7. The van der Waals surface area contributed by atoms with Crippen LogP contribution in [0.3, 0.4) is 0 Å². The van der Waals surface area contributed by atoms with Crippen LogP contribution in [-0.4, -0.2) is 41.9 Å². The Morgan fingerprint density at radius 1 is 1.16 bits per heavy atom. The molecule has 3 unspecified atom stereocenters. The highest BCUT2D eigenvalue weighted by molar-refractivity contribution is 5.94. The normalized spacial score (nSPS) is 22.0. The Hall–Kier alpha value is -2.80. The van der Waals surface area contributed by atoms with Crippen LogP contribution in [-0.2, 0) is 17.8 Å². The van der Waals surface area contributed by atoms with Gasteiger partial charge in [0.1, 0.15) is 0 Å². The number of amides is 1. The maximum atomic E-state index is 13.8. The van der Waals surface area contributed by atoms with Crippen LogP contribution < -0.4 is 15.0 Å². The predicted octanol–water partition coefficient (Wildman–Crippen LogP) is 3.69. The second-order valence-corrected chi connectivity index (χ2v) is 8.90. The highest BCUT2D eigenvalue weighted by atomic mass is 16.7. The van der Waals surface area contributed by atoms with Crippen molar-refractivity contribution in [2.75, 3.05) is 20.5 Å². The molecule has 1 amide bonds. The maximum absolute atomic E-state index is 13.8. The van der Waals surface area contributed by atoms with E-state index in [2.05, 4.69) is 13.8 Å². The molecule has 1 aliphatic heterocycles. The average Bonchev–Trinajstić information content (AvgIpc) is 3.26. The summed E-state index contributed by atoms with van der Waals surface area (Å²) in [4.78, 5) is 28.0. The van der Waals surface area contributed by atoms with Crippen LogP contribution in [0.25, 0.3) is 0 Å². The molecule has 1 aliphatic carbocycles. The lowest BCUT2D eigenvalue weighted by Crippen LogP contribution is -2.47. The Labute approximate surface area is 188 Å². The van der Waals surface area contributed by atoms with Crippen molar-refractivity contribution in [3.8, 4) is 11.5 Å². The number of rotatable bonds is 7. The van der Waals surface area contributed by atoms with Gasteiger partial charge in [0.25, 0.3) is 11.5 Å². The average molecular weight is 441 g/mol. The molecule has 2 aliphatic rings. The van der Waals surface area contributed by atoms with Gasteiger partial charge in [-0.25, -0.2) is 0 Å². The van der Waals surface area contributed by atoms with Crippen molar-refractivity contribution in [1.29, 1.82) is 0 Å². The molecule has 0 bridgehead atoms. The molecule has 3 atom stereocenters. The van der Waals surface area contributed by atoms with Gasteiger partial charge in [-0.1, -0.05) is 32.8 Å². The summed E-state index contributed by atoms with van der Waals surface area (Å²) in [5.41, 5.74) is 1.38. The summed E-state index contributed by atoms with van der Waals surface area (Å²) in [6.45, 7) is 6.04. The minimum absolute atomic E-state index is 0.0558. The molecule has 0 N–H and O–H groups in total. The Morgan fingerprint density at radius 2 is 1.97 bits per heavy atom. The van der Waals surface area contributed by atoms with Gasteiger partial charge in [-0.2, -0.15) is 0 Å². The number of methoxy groups -OCH3 is 1. The molecule has 4 rings (SSSR count). The van der Waals surface area contributed by atoms with E-state index in [1.165, 1.54) is 12.5 Å². The van der Waals surface area contributed by atoms with Gasteiger partial charge >= 0.3 is 0 Å². The van der Waals surface area contributed by atoms with Crippen molar-refractivity contribution in [2.24, 2.45) is 11.8 Å². The summed E-state index contributed by atoms with van der Waals surface area (Å²) in [6, 6.07) is 9.09. The van der Waals surface area contributed by atoms with Crippen molar-refractivity contribution >= 4 is 5.91 Å². The number of carbonyl (C=O) groups excluding carboxylic acids is 1. The van der Waals surface area contributed by atoms with E-state index in [4.69, 9.17) is 14.2 Å². The first kappa shape index (κ1) is 22.4. The molecule has 0 saturated heterocycles. The number of carbonyl (C=O) groups is 1. The third-order valence-electron chi connectivity index (χ3n) is 6.88. The van der Waals surface area contributed by atoms with Gasteiger partial charge in [-0.3, -0.25) is 9.59 Å². The molecule has 1 saturated carbocycles. The third-order valence-corrected chi connectivity index (χ3v) is 6.88. The van der Waals surface area contributed by atoms with E-state index in [1.54, 1.807) is 23.9 Å². The van der Waals surface area contributed by atoms with E-state index < -0.39 is 0 Å². The number of fused-ring (bicyclic) bond motifs is 1. The molecule has 7 heteroatoms. The van der Waals surface area contributed by atoms with E-state index in [1.807, 2.05) is 23.1 Å². The summed E-state index contributed by atoms with van der Waals surface area (Å²) in [5.74, 6) is 2.34. The molecule has 2 heterocycles. The molecule has 2 aromatic rings. The van der Waals surface area contributed by atoms with Crippen LogP contribution in [0.15, 0.2) is 41.3 Å². The van der Waals surface area contributed by atoms with E-state index in [9.17, 15) is 9.59 Å². The molecular weight excluding hydrogens is 408 g/mol. The monoisotopic (exact) mass is 440 g/mol. The summed E-state index contributed by atoms with van der Waals surface area (Å²) in [5, 5.41) is 0. The zero-order valence-electron chi connectivity index (χ0n) is 19.1. The minimum atomic E-state index is -0.138. The van der Waals surface area contributed by atoms with Crippen molar-refractivity contribution in [1.82, 2.24) is 9.47 Å². The highest BCUT2D eigenvalue weighted by Gasteiger charge is 2.35. The first-order chi connectivity index (χ1) is 15.5. The summed E-state index contributed by atoms with van der Waals surface area (Å²) in [6.07, 6.45) is 4.93. The van der Waals surface area contributed by atoms with Gasteiger partial charge in [0.15, 0.2) is 11.5 Å². The van der Waals surface area contributed by atoms with Gasteiger partial charge in [-0.05, 0) is 42.0 Å². The Kier molecular flexibility index (Phi) is 6.84. The van der Waals surface area contributed by atoms with Gasteiger partial charge in [0, 0.05) is 38.5 Å². The van der Waals surface area contributed by atoms with Gasteiger partial charge in [-0.15, -0.1) is 0 Å². The quantitative estimate of drug-likeness (QED) is 0.657. The van der Waals surface area contributed by atoms with Gasteiger partial charge in [0.2, 0.25) is 6.79 Å².